The van der Waals surface area contributed by atoms with E-state index in [-0.39, 0.29) is 23.1 Å². The first-order valence-electron chi connectivity index (χ1n) is 14.3. The van der Waals surface area contributed by atoms with E-state index in [9.17, 15) is 14.4 Å². The van der Waals surface area contributed by atoms with Crippen LogP contribution in [0.25, 0.3) is 0 Å². The summed E-state index contributed by atoms with van der Waals surface area (Å²) in [7, 11) is 3.02. The van der Waals surface area contributed by atoms with Crippen molar-refractivity contribution in [1.82, 2.24) is 10.3 Å². The molecule has 0 aliphatic rings. The summed E-state index contributed by atoms with van der Waals surface area (Å²) in [5.74, 6) is -0.348. The molecule has 0 saturated carbocycles. The van der Waals surface area contributed by atoms with Crippen molar-refractivity contribution >= 4 is 17.8 Å². The molecule has 3 rings (SSSR count). The van der Waals surface area contributed by atoms with E-state index in [1.807, 2.05) is 54.6 Å². The summed E-state index contributed by atoms with van der Waals surface area (Å²) in [5.41, 5.74) is 0.941. The molecule has 11 nitrogen and oxygen atoms in total. The average molecular weight is 609 g/mol. The molecule has 4 atom stereocenters. The van der Waals surface area contributed by atoms with Gasteiger partial charge in [-0.3, -0.25) is 9.59 Å². The molecule has 0 fully saturated rings. The second-order valence-electron chi connectivity index (χ2n) is 10.0. The van der Waals surface area contributed by atoms with E-state index >= 15 is 0 Å². The fourth-order valence-electron chi connectivity index (χ4n) is 4.53. The lowest BCUT2D eigenvalue weighted by Gasteiger charge is -2.32. The van der Waals surface area contributed by atoms with Gasteiger partial charge in [-0.1, -0.05) is 37.3 Å². The van der Waals surface area contributed by atoms with Crippen LogP contribution in [0.2, 0.25) is 0 Å². The van der Waals surface area contributed by atoms with E-state index in [2.05, 4.69) is 17.2 Å². The van der Waals surface area contributed by atoms with Crippen molar-refractivity contribution in [2.24, 2.45) is 5.92 Å². The van der Waals surface area contributed by atoms with Gasteiger partial charge >= 0.3 is 11.9 Å². The minimum atomic E-state index is -1.04. The molecule has 1 aromatic heterocycles. The van der Waals surface area contributed by atoms with Crippen LogP contribution in [0.4, 0.5) is 0 Å². The molecule has 0 spiro atoms. The summed E-state index contributed by atoms with van der Waals surface area (Å²) in [6.45, 7) is 6.12. The van der Waals surface area contributed by atoms with Crippen LogP contribution in [0, 0.1) is 5.92 Å². The molecule has 236 valence electrons. The number of methoxy groups -OCH3 is 2. The van der Waals surface area contributed by atoms with Crippen molar-refractivity contribution in [2.45, 2.75) is 58.8 Å². The molecule has 0 saturated heterocycles. The molecule has 0 aliphatic carbocycles. The maximum atomic E-state index is 13.2. The zero-order valence-electron chi connectivity index (χ0n) is 25.9. The van der Waals surface area contributed by atoms with Crippen LogP contribution in [-0.4, -0.2) is 62.1 Å². The van der Waals surface area contributed by atoms with Crippen LogP contribution < -0.4 is 24.3 Å². The third kappa shape index (κ3) is 9.62. The fourth-order valence-corrected chi connectivity index (χ4v) is 4.53. The number of ether oxygens (including phenoxy) is 6. The first-order valence-corrected chi connectivity index (χ1v) is 14.3. The highest BCUT2D eigenvalue weighted by Crippen LogP contribution is 2.30. The van der Waals surface area contributed by atoms with Crippen LogP contribution in [0.15, 0.2) is 66.9 Å². The van der Waals surface area contributed by atoms with Crippen LogP contribution in [0.5, 0.6) is 23.0 Å². The van der Waals surface area contributed by atoms with Crippen molar-refractivity contribution in [3.8, 4) is 23.0 Å². The Bertz CT molecular complexity index is 1370. The summed E-state index contributed by atoms with van der Waals surface area (Å²) in [6, 6.07) is 17.6. The van der Waals surface area contributed by atoms with E-state index in [1.54, 1.807) is 14.0 Å². The zero-order valence-corrected chi connectivity index (χ0v) is 25.9. The number of nitrogens with one attached hydrogen (secondary N) is 1. The number of aromatic nitrogens is 1. The fraction of sp³-hybridized carbons (Fsp3) is 0.394. The zero-order chi connectivity index (χ0) is 32.1. The molecule has 1 N–H and O–H groups in total. The average Bonchev–Trinajstić information content (AvgIpc) is 3.03. The molecule has 3 aromatic rings. The Balaban J connectivity index is 1.74. The Morgan fingerprint density at radius 3 is 2.23 bits per heavy atom. The second-order valence-corrected chi connectivity index (χ2v) is 10.0. The molecule has 0 bridgehead atoms. The third-order valence-electron chi connectivity index (χ3n) is 6.90. The van der Waals surface area contributed by atoms with Gasteiger partial charge in [0, 0.05) is 25.1 Å². The predicted molar refractivity (Wildman–Crippen MR) is 162 cm³/mol. The van der Waals surface area contributed by atoms with Gasteiger partial charge in [-0.05, 0) is 56.5 Å². The lowest BCUT2D eigenvalue weighted by Crippen LogP contribution is -2.45. The maximum Gasteiger partial charge on any atom is 0.328 e. The highest BCUT2D eigenvalue weighted by Gasteiger charge is 2.33. The summed E-state index contributed by atoms with van der Waals surface area (Å²) in [4.78, 5) is 41.6. The highest BCUT2D eigenvalue weighted by molar-refractivity contribution is 5.98. The third-order valence-corrected chi connectivity index (χ3v) is 6.90. The Morgan fingerprint density at radius 2 is 1.61 bits per heavy atom. The molecular formula is C33H40N2O9. The van der Waals surface area contributed by atoms with Gasteiger partial charge in [0.1, 0.15) is 29.7 Å². The molecule has 44 heavy (non-hydrogen) atoms. The van der Waals surface area contributed by atoms with E-state index < -0.39 is 42.9 Å². The van der Waals surface area contributed by atoms with Crippen molar-refractivity contribution in [3.05, 3.63) is 78.1 Å². The molecule has 1 amide bonds. The Labute approximate surface area is 257 Å². The van der Waals surface area contributed by atoms with Gasteiger partial charge < -0.3 is 33.7 Å². The molecule has 1 heterocycles. The van der Waals surface area contributed by atoms with E-state index in [0.717, 1.165) is 17.7 Å². The van der Waals surface area contributed by atoms with Gasteiger partial charge in [0.15, 0.2) is 17.2 Å². The number of benzene rings is 2. The Hall–Kier alpha value is -4.80. The van der Waals surface area contributed by atoms with Gasteiger partial charge in [-0.15, -0.1) is 0 Å². The van der Waals surface area contributed by atoms with E-state index in [0.29, 0.717) is 12.2 Å². The van der Waals surface area contributed by atoms with Crippen molar-refractivity contribution in [3.63, 3.8) is 0 Å². The minimum Gasteiger partial charge on any atom is -0.497 e. The largest absolute Gasteiger partial charge is 0.497 e. The molecule has 2 aromatic carbocycles. The van der Waals surface area contributed by atoms with E-state index in [1.165, 1.54) is 33.2 Å². The van der Waals surface area contributed by atoms with Gasteiger partial charge in [0.2, 0.25) is 6.79 Å². The van der Waals surface area contributed by atoms with Crippen LogP contribution >= 0.6 is 0 Å². The van der Waals surface area contributed by atoms with E-state index in [4.69, 9.17) is 28.4 Å². The molecular weight excluding hydrogens is 568 g/mol. The highest BCUT2D eigenvalue weighted by atomic mass is 16.7. The summed E-state index contributed by atoms with van der Waals surface area (Å²) >= 11 is 0. The number of nitrogens with zero attached hydrogens (tertiary/aromatic N) is 1. The second kappa shape index (κ2) is 16.7. The number of carbonyl (C=O) groups is 3. The number of para-hydroxylation sites is 1. The van der Waals surface area contributed by atoms with Gasteiger partial charge in [0.05, 0.1) is 14.2 Å². The molecule has 0 radical (unpaired) electrons. The van der Waals surface area contributed by atoms with Crippen molar-refractivity contribution < 1.29 is 42.8 Å². The molecule has 0 unspecified atom stereocenters. The summed E-state index contributed by atoms with van der Waals surface area (Å²) in [6.07, 6.45) is 1.65. The number of esters is 2. The number of amides is 1. The number of carbonyl (C=O) groups excluding carboxylic acids is 3. The van der Waals surface area contributed by atoms with Gasteiger partial charge in [-0.25, -0.2) is 9.78 Å². The monoisotopic (exact) mass is 608 g/mol. The van der Waals surface area contributed by atoms with Crippen LogP contribution in [-0.2, 0) is 25.5 Å². The van der Waals surface area contributed by atoms with Gasteiger partial charge in [0.25, 0.3) is 5.91 Å². The Morgan fingerprint density at radius 1 is 0.909 bits per heavy atom. The molecule has 11 heteroatoms. The van der Waals surface area contributed by atoms with Gasteiger partial charge in [-0.2, -0.15) is 0 Å². The predicted octanol–water partition coefficient (Wildman–Crippen LogP) is 4.76. The number of rotatable bonds is 16. The first kappa shape index (κ1) is 33.7. The van der Waals surface area contributed by atoms with Crippen molar-refractivity contribution in [2.75, 3.05) is 21.0 Å². The van der Waals surface area contributed by atoms with Crippen molar-refractivity contribution in [1.29, 1.82) is 0 Å². The number of hydrogen-bond acceptors (Lipinski definition) is 10. The van der Waals surface area contributed by atoms with Crippen LogP contribution in [0.3, 0.4) is 0 Å². The number of pyridine rings is 1. The SMILES string of the molecule is CC[C@H](Cc1ccc(OC)cc1)[C@@H](Oc1ccccc1)[C@H](C)OC(=O)[C@H](C)NC(=O)c1nccc(OC)c1OCOC(C)=O. The first-order chi connectivity index (χ1) is 21.2. The normalized spacial score (nSPS) is 13.4. The lowest BCUT2D eigenvalue weighted by molar-refractivity contribution is -0.156. The maximum absolute atomic E-state index is 13.2. The quantitative estimate of drug-likeness (QED) is 0.179. The summed E-state index contributed by atoms with van der Waals surface area (Å²) in [5, 5.41) is 2.60. The smallest absolute Gasteiger partial charge is 0.328 e. The summed E-state index contributed by atoms with van der Waals surface area (Å²) < 4.78 is 33.1. The molecule has 0 aliphatic heterocycles. The Kier molecular flexibility index (Phi) is 12.8. The topological polar surface area (TPSA) is 132 Å². The standard InChI is InChI=1S/C33H40N2O9/c1-7-25(19-24-13-15-26(39-5)16-14-24)30(44-27-11-9-8-10-12-27)22(3)43-33(38)21(2)35-32(37)29-31(42-20-41-23(4)36)28(40-6)17-18-34-29/h8-18,21-22,25,30H,7,19-20H2,1-6H3,(H,35,37)/t21-,22-,25+,30-/m0/s1. The van der Waals surface area contributed by atoms with Crippen LogP contribution in [0.1, 0.15) is 50.2 Å². The lowest BCUT2D eigenvalue weighted by atomic mass is 9.89. The number of hydrogen-bond donors (Lipinski definition) is 1. The minimum absolute atomic E-state index is 0.00536.